The number of piperidine rings is 1. The highest BCUT2D eigenvalue weighted by Crippen LogP contribution is 2.20. The number of halogens is 1. The Kier molecular flexibility index (Phi) is 6.00. The molecule has 0 unspecified atom stereocenters. The first kappa shape index (κ1) is 19.3. The third kappa shape index (κ3) is 5.08. The molecule has 0 bridgehead atoms. The summed E-state index contributed by atoms with van der Waals surface area (Å²) in [4.78, 5) is 23.5. The SMILES string of the molecule is O=C(Nc1ccc(N2CCCCC2)nc1)c1csc(COc2ccc(F)cc2)n1. The fourth-order valence-electron chi connectivity index (χ4n) is 3.12. The zero-order valence-corrected chi connectivity index (χ0v) is 16.6. The van der Waals surface area contributed by atoms with Crippen molar-refractivity contribution in [2.75, 3.05) is 23.3 Å². The molecule has 1 amide bonds. The van der Waals surface area contributed by atoms with Crippen molar-refractivity contribution in [2.24, 2.45) is 0 Å². The van der Waals surface area contributed by atoms with E-state index in [2.05, 4.69) is 20.2 Å². The van der Waals surface area contributed by atoms with Gasteiger partial charge in [-0.05, 0) is 55.7 Å². The van der Waals surface area contributed by atoms with Crippen molar-refractivity contribution in [2.45, 2.75) is 25.9 Å². The molecule has 1 aliphatic heterocycles. The summed E-state index contributed by atoms with van der Waals surface area (Å²) >= 11 is 1.34. The number of anilines is 2. The van der Waals surface area contributed by atoms with Crippen molar-refractivity contribution in [3.8, 4) is 5.75 Å². The van der Waals surface area contributed by atoms with Crippen LogP contribution in [0.25, 0.3) is 0 Å². The van der Waals surface area contributed by atoms with Crippen LogP contribution in [-0.2, 0) is 6.61 Å². The number of pyridine rings is 1. The van der Waals surface area contributed by atoms with Gasteiger partial charge in [0.1, 0.15) is 34.7 Å². The molecule has 0 spiro atoms. The van der Waals surface area contributed by atoms with Crippen LogP contribution >= 0.6 is 11.3 Å². The van der Waals surface area contributed by atoms with Crippen LogP contribution in [0.15, 0.2) is 48.0 Å². The maximum absolute atomic E-state index is 12.9. The second kappa shape index (κ2) is 9.00. The molecule has 29 heavy (non-hydrogen) atoms. The maximum Gasteiger partial charge on any atom is 0.275 e. The third-order valence-corrected chi connectivity index (χ3v) is 5.47. The van der Waals surface area contributed by atoms with Crippen LogP contribution in [-0.4, -0.2) is 29.0 Å². The number of aromatic nitrogens is 2. The van der Waals surface area contributed by atoms with Crippen LogP contribution in [0.5, 0.6) is 5.75 Å². The van der Waals surface area contributed by atoms with Crippen LogP contribution in [0, 0.1) is 5.82 Å². The number of ether oxygens (including phenoxy) is 1. The van der Waals surface area contributed by atoms with Crippen molar-refractivity contribution in [1.29, 1.82) is 0 Å². The minimum absolute atomic E-state index is 0.218. The summed E-state index contributed by atoms with van der Waals surface area (Å²) in [5.41, 5.74) is 0.959. The summed E-state index contributed by atoms with van der Waals surface area (Å²) in [5, 5.41) is 5.18. The number of rotatable bonds is 6. The van der Waals surface area contributed by atoms with Crippen molar-refractivity contribution >= 4 is 28.7 Å². The predicted molar refractivity (Wildman–Crippen MR) is 111 cm³/mol. The van der Waals surface area contributed by atoms with E-state index in [0.29, 0.717) is 22.1 Å². The molecule has 0 saturated carbocycles. The van der Waals surface area contributed by atoms with Gasteiger partial charge in [-0.1, -0.05) is 0 Å². The third-order valence-electron chi connectivity index (χ3n) is 4.65. The van der Waals surface area contributed by atoms with Gasteiger partial charge in [0.15, 0.2) is 0 Å². The lowest BCUT2D eigenvalue weighted by Gasteiger charge is -2.27. The van der Waals surface area contributed by atoms with Crippen molar-refractivity contribution in [3.05, 3.63) is 64.5 Å². The van der Waals surface area contributed by atoms with Gasteiger partial charge in [0, 0.05) is 18.5 Å². The molecule has 1 aromatic carbocycles. The molecule has 0 atom stereocenters. The molecule has 2 aromatic heterocycles. The van der Waals surface area contributed by atoms with Gasteiger partial charge in [0.2, 0.25) is 0 Å². The van der Waals surface area contributed by atoms with Crippen LogP contribution < -0.4 is 15.0 Å². The Morgan fingerprint density at radius 2 is 1.93 bits per heavy atom. The van der Waals surface area contributed by atoms with E-state index in [-0.39, 0.29) is 18.3 Å². The molecule has 3 heterocycles. The molecule has 6 nitrogen and oxygen atoms in total. The maximum atomic E-state index is 12.9. The summed E-state index contributed by atoms with van der Waals surface area (Å²) in [6, 6.07) is 9.57. The Morgan fingerprint density at radius 3 is 2.66 bits per heavy atom. The molecule has 1 fully saturated rings. The first-order valence-corrected chi connectivity index (χ1v) is 10.4. The van der Waals surface area contributed by atoms with Crippen molar-refractivity contribution in [1.82, 2.24) is 9.97 Å². The van der Waals surface area contributed by atoms with Gasteiger partial charge >= 0.3 is 0 Å². The molecule has 0 radical (unpaired) electrons. The number of nitrogens with one attached hydrogen (secondary N) is 1. The highest BCUT2D eigenvalue weighted by molar-refractivity contribution is 7.09. The average molecular weight is 412 g/mol. The normalized spacial score (nSPS) is 13.9. The molecule has 1 N–H and O–H groups in total. The highest BCUT2D eigenvalue weighted by Gasteiger charge is 2.14. The molecule has 1 aliphatic rings. The lowest BCUT2D eigenvalue weighted by Crippen LogP contribution is -2.30. The fourth-order valence-corrected chi connectivity index (χ4v) is 3.81. The van der Waals surface area contributed by atoms with Gasteiger partial charge in [-0.3, -0.25) is 4.79 Å². The minimum Gasteiger partial charge on any atom is -0.486 e. The molecule has 8 heteroatoms. The van der Waals surface area contributed by atoms with E-state index in [1.165, 1.54) is 42.7 Å². The minimum atomic E-state index is -0.316. The Bertz CT molecular complexity index is 954. The van der Waals surface area contributed by atoms with Gasteiger partial charge in [0.25, 0.3) is 5.91 Å². The molecule has 4 rings (SSSR count). The highest BCUT2D eigenvalue weighted by atomic mass is 32.1. The molecule has 3 aromatic rings. The van der Waals surface area contributed by atoms with Gasteiger partial charge in [-0.15, -0.1) is 11.3 Å². The zero-order chi connectivity index (χ0) is 20.1. The Hall–Kier alpha value is -3.00. The topological polar surface area (TPSA) is 67.4 Å². The number of hydrogen-bond acceptors (Lipinski definition) is 6. The molecular weight excluding hydrogens is 391 g/mol. The van der Waals surface area contributed by atoms with Crippen LogP contribution in [0.2, 0.25) is 0 Å². The van der Waals surface area contributed by atoms with Gasteiger partial charge in [0.05, 0.1) is 11.9 Å². The number of benzene rings is 1. The second-order valence-corrected chi connectivity index (χ2v) is 7.72. The lowest BCUT2D eigenvalue weighted by molar-refractivity contribution is 0.102. The summed E-state index contributed by atoms with van der Waals surface area (Å²) in [6.07, 6.45) is 5.33. The molecule has 150 valence electrons. The van der Waals surface area contributed by atoms with Gasteiger partial charge < -0.3 is 15.0 Å². The first-order valence-electron chi connectivity index (χ1n) is 9.52. The van der Waals surface area contributed by atoms with E-state index in [9.17, 15) is 9.18 Å². The number of carbonyl (C=O) groups is 1. The summed E-state index contributed by atoms with van der Waals surface area (Å²) in [5.74, 6) is 0.884. The van der Waals surface area contributed by atoms with Crippen molar-refractivity contribution < 1.29 is 13.9 Å². The monoisotopic (exact) mass is 412 g/mol. The number of carbonyl (C=O) groups excluding carboxylic acids is 1. The van der Waals surface area contributed by atoms with E-state index < -0.39 is 0 Å². The summed E-state index contributed by atoms with van der Waals surface area (Å²) in [7, 11) is 0. The first-order chi connectivity index (χ1) is 14.2. The largest absolute Gasteiger partial charge is 0.486 e. The molecule has 0 aliphatic carbocycles. The predicted octanol–water partition coefficient (Wildman–Crippen LogP) is 4.50. The number of amides is 1. The second-order valence-electron chi connectivity index (χ2n) is 6.78. The van der Waals surface area contributed by atoms with Crippen molar-refractivity contribution in [3.63, 3.8) is 0 Å². The quantitative estimate of drug-likeness (QED) is 0.646. The van der Waals surface area contributed by atoms with Crippen LogP contribution in [0.1, 0.15) is 34.8 Å². The van der Waals surface area contributed by atoms with E-state index >= 15 is 0 Å². The summed E-state index contributed by atoms with van der Waals surface area (Å²) < 4.78 is 18.5. The standard InChI is InChI=1S/C21H21FN4O2S/c22-15-4-7-17(8-5-15)28-13-20-25-18(14-29-20)21(27)24-16-6-9-19(23-12-16)26-10-2-1-3-11-26/h4-9,12,14H,1-3,10-11,13H2,(H,24,27). The lowest BCUT2D eigenvalue weighted by atomic mass is 10.1. The number of hydrogen-bond donors (Lipinski definition) is 1. The smallest absolute Gasteiger partial charge is 0.275 e. The molecular formula is C21H21FN4O2S. The van der Waals surface area contributed by atoms with E-state index in [1.54, 1.807) is 23.7 Å². The van der Waals surface area contributed by atoms with Gasteiger partial charge in [-0.2, -0.15) is 0 Å². The number of thiazole rings is 1. The van der Waals surface area contributed by atoms with E-state index in [1.807, 2.05) is 12.1 Å². The fraction of sp³-hybridized carbons (Fsp3) is 0.286. The van der Waals surface area contributed by atoms with Crippen LogP contribution in [0.4, 0.5) is 15.9 Å². The zero-order valence-electron chi connectivity index (χ0n) is 15.8. The Morgan fingerprint density at radius 1 is 1.14 bits per heavy atom. The van der Waals surface area contributed by atoms with Gasteiger partial charge in [-0.25, -0.2) is 14.4 Å². The van der Waals surface area contributed by atoms with E-state index in [0.717, 1.165) is 18.9 Å². The number of nitrogens with zero attached hydrogens (tertiary/aromatic N) is 3. The Balaban J connectivity index is 1.32. The average Bonchev–Trinajstić information content (AvgIpc) is 3.24. The van der Waals surface area contributed by atoms with E-state index in [4.69, 9.17) is 4.74 Å². The Labute approximate surface area is 172 Å². The summed E-state index contributed by atoms with van der Waals surface area (Å²) in [6.45, 7) is 2.27. The molecule has 1 saturated heterocycles. The van der Waals surface area contributed by atoms with Crippen LogP contribution in [0.3, 0.4) is 0 Å².